The minimum Gasteiger partial charge on any atom is -0.481 e. The van der Waals surface area contributed by atoms with Gasteiger partial charge in [-0.25, -0.2) is 0 Å². The van der Waals surface area contributed by atoms with Crippen LogP contribution >= 0.6 is 0 Å². The van der Waals surface area contributed by atoms with Crippen molar-refractivity contribution in [2.45, 2.75) is 0 Å². The Labute approximate surface area is 64.2 Å². The van der Waals surface area contributed by atoms with Gasteiger partial charge in [-0.1, -0.05) is 0 Å². The minimum absolute atomic E-state index is 0.0185. The Balaban J connectivity index is 4.12. The van der Waals surface area contributed by atoms with Crippen LogP contribution in [0.25, 0.3) is 0 Å². The molecule has 0 aliphatic heterocycles. The molecule has 0 heterocycles. The Kier molecular flexibility index (Phi) is 3.53. The summed E-state index contributed by atoms with van der Waals surface area (Å²) in [5.41, 5.74) is 0. The van der Waals surface area contributed by atoms with Gasteiger partial charge in [0.2, 0.25) is 0 Å². The fourth-order valence-corrected chi connectivity index (χ4v) is 0.627. The van der Waals surface area contributed by atoms with E-state index in [1.165, 1.54) is 4.90 Å². The molecule has 5 heteroatoms. The predicted octanol–water partition coefficient (Wildman–Crippen LogP) is -0.667. The molecular formula is C6H11NO4. The second kappa shape index (κ2) is 3.92. The molecule has 0 bridgehead atoms. The highest BCUT2D eigenvalue weighted by molar-refractivity contribution is 5.93. The van der Waals surface area contributed by atoms with Crippen LogP contribution in [0, 0.1) is 5.92 Å². The monoisotopic (exact) mass is 161 g/mol. The van der Waals surface area contributed by atoms with Gasteiger partial charge in [-0.2, -0.15) is 0 Å². The van der Waals surface area contributed by atoms with Gasteiger partial charge in [-0.3, -0.25) is 9.59 Å². The van der Waals surface area contributed by atoms with E-state index in [9.17, 15) is 9.59 Å². The smallest absolute Gasteiger partial charge is 0.319 e. The highest BCUT2D eigenvalue weighted by Crippen LogP contribution is 1.97. The number of nitrogens with zero attached hydrogens (tertiary/aromatic N) is 1. The first-order valence-corrected chi connectivity index (χ1v) is 3.05. The highest BCUT2D eigenvalue weighted by atomic mass is 16.4. The molecule has 0 aliphatic carbocycles. The van der Waals surface area contributed by atoms with E-state index in [2.05, 4.69) is 0 Å². The molecule has 0 fully saturated rings. The summed E-state index contributed by atoms with van der Waals surface area (Å²) in [5, 5.41) is 16.8. The first-order valence-electron chi connectivity index (χ1n) is 3.05. The molecule has 0 aliphatic rings. The third-order valence-electron chi connectivity index (χ3n) is 1.14. The first-order chi connectivity index (χ1) is 4.95. The fraction of sp³-hybridized carbons (Fsp3) is 0.667. The standard InChI is InChI=1S/C6H11NO4/c1-7(2)3-4(5(8)9)6(10)11/h4H,3H2,1-2H3,(H,8,9)(H,10,11). The maximum atomic E-state index is 10.3. The van der Waals surface area contributed by atoms with Gasteiger partial charge in [0.25, 0.3) is 0 Å². The molecule has 0 radical (unpaired) electrons. The molecule has 11 heavy (non-hydrogen) atoms. The average molecular weight is 161 g/mol. The Bertz CT molecular complexity index is 152. The van der Waals surface area contributed by atoms with Crippen molar-refractivity contribution >= 4 is 11.9 Å². The maximum Gasteiger partial charge on any atom is 0.319 e. The van der Waals surface area contributed by atoms with E-state index in [-0.39, 0.29) is 6.54 Å². The van der Waals surface area contributed by atoms with Crippen molar-refractivity contribution < 1.29 is 19.8 Å². The molecule has 0 saturated heterocycles. The molecular weight excluding hydrogens is 150 g/mol. The zero-order chi connectivity index (χ0) is 9.02. The number of hydrogen-bond acceptors (Lipinski definition) is 3. The second-order valence-electron chi connectivity index (χ2n) is 2.49. The molecule has 0 amide bonds. The summed E-state index contributed by atoms with van der Waals surface area (Å²) in [6.45, 7) is 0.0185. The second-order valence-corrected chi connectivity index (χ2v) is 2.49. The normalized spacial score (nSPS) is 10.5. The van der Waals surface area contributed by atoms with Crippen LogP contribution in [0.15, 0.2) is 0 Å². The van der Waals surface area contributed by atoms with Crippen LogP contribution in [0.3, 0.4) is 0 Å². The van der Waals surface area contributed by atoms with Crippen molar-refractivity contribution in [3.63, 3.8) is 0 Å². The SMILES string of the molecule is CN(C)CC(C(=O)O)C(=O)O. The Morgan fingerprint density at radius 3 is 1.73 bits per heavy atom. The third kappa shape index (κ3) is 3.57. The molecule has 5 nitrogen and oxygen atoms in total. The van der Waals surface area contributed by atoms with E-state index in [0.29, 0.717) is 0 Å². The van der Waals surface area contributed by atoms with Crippen LogP contribution in [0.2, 0.25) is 0 Å². The summed E-state index contributed by atoms with van der Waals surface area (Å²) in [6.07, 6.45) is 0. The summed E-state index contributed by atoms with van der Waals surface area (Å²) in [7, 11) is 3.25. The molecule has 0 aromatic heterocycles. The maximum absolute atomic E-state index is 10.3. The first kappa shape index (κ1) is 9.90. The molecule has 0 rings (SSSR count). The molecule has 0 unspecified atom stereocenters. The number of carbonyl (C=O) groups is 2. The van der Waals surface area contributed by atoms with Crippen molar-refractivity contribution in [3.05, 3.63) is 0 Å². The molecule has 64 valence electrons. The largest absolute Gasteiger partial charge is 0.481 e. The van der Waals surface area contributed by atoms with Crippen molar-refractivity contribution in [3.8, 4) is 0 Å². The van der Waals surface area contributed by atoms with Crippen molar-refractivity contribution in [1.29, 1.82) is 0 Å². The van der Waals surface area contributed by atoms with Crippen LogP contribution in [0.5, 0.6) is 0 Å². The Morgan fingerprint density at radius 2 is 1.64 bits per heavy atom. The van der Waals surface area contributed by atoms with Crippen molar-refractivity contribution in [2.24, 2.45) is 5.92 Å². The van der Waals surface area contributed by atoms with E-state index in [0.717, 1.165) is 0 Å². The van der Waals surface area contributed by atoms with Gasteiger partial charge >= 0.3 is 11.9 Å². The minimum atomic E-state index is -1.33. The zero-order valence-corrected chi connectivity index (χ0v) is 6.44. The number of aliphatic carboxylic acids is 2. The van der Waals surface area contributed by atoms with Gasteiger partial charge in [0, 0.05) is 6.54 Å². The molecule has 2 N–H and O–H groups in total. The van der Waals surface area contributed by atoms with E-state index >= 15 is 0 Å². The van der Waals surface area contributed by atoms with Crippen LogP contribution in [-0.2, 0) is 9.59 Å². The summed E-state index contributed by atoms with van der Waals surface area (Å²) < 4.78 is 0. The van der Waals surface area contributed by atoms with Gasteiger partial charge in [0.05, 0.1) is 0 Å². The van der Waals surface area contributed by atoms with E-state index < -0.39 is 17.9 Å². The lowest BCUT2D eigenvalue weighted by Crippen LogP contribution is -2.33. The number of carboxylic acids is 2. The van der Waals surface area contributed by atoms with Gasteiger partial charge < -0.3 is 15.1 Å². The summed E-state index contributed by atoms with van der Waals surface area (Å²) >= 11 is 0. The average Bonchev–Trinajstić information content (AvgIpc) is 1.81. The van der Waals surface area contributed by atoms with E-state index in [4.69, 9.17) is 10.2 Å². The summed E-state index contributed by atoms with van der Waals surface area (Å²) in [4.78, 5) is 22.1. The number of rotatable bonds is 4. The van der Waals surface area contributed by atoms with Crippen LogP contribution < -0.4 is 0 Å². The van der Waals surface area contributed by atoms with Crippen LogP contribution in [0.4, 0.5) is 0 Å². The molecule has 0 atom stereocenters. The molecule has 0 aromatic carbocycles. The zero-order valence-electron chi connectivity index (χ0n) is 6.44. The summed E-state index contributed by atoms with van der Waals surface area (Å²) in [6, 6.07) is 0. The fourth-order valence-electron chi connectivity index (χ4n) is 0.627. The Hall–Kier alpha value is -1.10. The number of hydrogen-bond donors (Lipinski definition) is 2. The van der Waals surface area contributed by atoms with Crippen molar-refractivity contribution in [1.82, 2.24) is 4.90 Å². The quantitative estimate of drug-likeness (QED) is 0.535. The van der Waals surface area contributed by atoms with E-state index in [1.807, 2.05) is 0 Å². The van der Waals surface area contributed by atoms with Gasteiger partial charge in [0.15, 0.2) is 5.92 Å². The lowest BCUT2D eigenvalue weighted by molar-refractivity contribution is -0.155. The van der Waals surface area contributed by atoms with E-state index in [1.54, 1.807) is 14.1 Å². The Morgan fingerprint density at radius 1 is 1.27 bits per heavy atom. The third-order valence-corrected chi connectivity index (χ3v) is 1.14. The van der Waals surface area contributed by atoms with Crippen molar-refractivity contribution in [2.75, 3.05) is 20.6 Å². The predicted molar refractivity (Wildman–Crippen MR) is 37.3 cm³/mol. The summed E-state index contributed by atoms with van der Waals surface area (Å²) in [5.74, 6) is -3.93. The van der Waals surface area contributed by atoms with Gasteiger partial charge in [-0.15, -0.1) is 0 Å². The molecule has 0 spiro atoms. The molecule has 0 saturated carbocycles. The molecule has 0 aromatic rings. The highest BCUT2D eigenvalue weighted by Gasteiger charge is 2.25. The van der Waals surface area contributed by atoms with Gasteiger partial charge in [0.1, 0.15) is 0 Å². The van der Waals surface area contributed by atoms with Crippen LogP contribution in [-0.4, -0.2) is 47.7 Å². The van der Waals surface area contributed by atoms with Crippen LogP contribution in [0.1, 0.15) is 0 Å². The topological polar surface area (TPSA) is 77.8 Å². The lowest BCUT2D eigenvalue weighted by atomic mass is 10.1. The number of carboxylic acid groups (broad SMARTS) is 2. The lowest BCUT2D eigenvalue weighted by Gasteiger charge is -2.12. The van der Waals surface area contributed by atoms with Gasteiger partial charge in [-0.05, 0) is 14.1 Å².